The van der Waals surface area contributed by atoms with Gasteiger partial charge in [-0.15, -0.1) is 10.2 Å². The lowest BCUT2D eigenvalue weighted by atomic mass is 9.87. The lowest BCUT2D eigenvalue weighted by Crippen LogP contribution is -2.52. The van der Waals surface area contributed by atoms with Gasteiger partial charge < -0.3 is 14.6 Å². The number of nitrogens with zero attached hydrogens (tertiary/aromatic N) is 4. The lowest BCUT2D eigenvalue weighted by molar-refractivity contribution is -0.155. The quantitative estimate of drug-likeness (QED) is 0.889. The summed E-state index contributed by atoms with van der Waals surface area (Å²) in [6.07, 6.45) is 1.81. The molecule has 0 aliphatic carbocycles. The molecule has 1 aromatic heterocycles. The van der Waals surface area contributed by atoms with Crippen LogP contribution in [0.5, 0.6) is 0 Å². The summed E-state index contributed by atoms with van der Waals surface area (Å²) in [7, 11) is 0. The summed E-state index contributed by atoms with van der Waals surface area (Å²) in [4.78, 5) is 25.8. The summed E-state index contributed by atoms with van der Waals surface area (Å²) in [5.74, 6) is 0.328. The third kappa shape index (κ3) is 2.84. The Morgan fingerprint density at radius 2 is 1.95 bits per heavy atom. The summed E-state index contributed by atoms with van der Waals surface area (Å²) in [6.45, 7) is 8.22. The third-order valence-electron chi connectivity index (χ3n) is 4.77. The third-order valence-corrected chi connectivity index (χ3v) is 4.77. The van der Waals surface area contributed by atoms with Crippen LogP contribution in [0.25, 0.3) is 0 Å². The van der Waals surface area contributed by atoms with Crippen LogP contribution in [0.15, 0.2) is 0 Å². The molecule has 1 aliphatic heterocycles. The van der Waals surface area contributed by atoms with Crippen molar-refractivity contribution in [2.45, 2.75) is 59.7 Å². The van der Waals surface area contributed by atoms with E-state index < -0.39 is 12.0 Å². The van der Waals surface area contributed by atoms with Gasteiger partial charge in [-0.3, -0.25) is 4.79 Å². The van der Waals surface area contributed by atoms with Crippen LogP contribution in [0.1, 0.15) is 45.3 Å². The number of carbonyl (C=O) groups excluding carboxylic acids is 1. The molecule has 1 N–H and O–H groups in total. The Morgan fingerprint density at radius 1 is 1.32 bits per heavy atom. The van der Waals surface area contributed by atoms with Gasteiger partial charge in [0.15, 0.2) is 5.82 Å². The number of carbonyl (C=O) groups is 2. The van der Waals surface area contributed by atoms with Crippen LogP contribution in [0, 0.1) is 18.8 Å². The first kappa shape index (κ1) is 16.5. The maximum Gasteiger partial charge on any atom is 0.328 e. The van der Waals surface area contributed by atoms with E-state index >= 15 is 0 Å². The Hall–Kier alpha value is -1.92. The van der Waals surface area contributed by atoms with Crippen molar-refractivity contribution < 1.29 is 14.7 Å². The van der Waals surface area contributed by atoms with Crippen molar-refractivity contribution in [3.8, 4) is 0 Å². The van der Waals surface area contributed by atoms with Gasteiger partial charge in [-0.05, 0) is 12.8 Å². The topological polar surface area (TPSA) is 88.3 Å². The molecule has 7 heteroatoms. The number of aliphatic carboxylic acids is 1. The van der Waals surface area contributed by atoms with E-state index in [1.807, 2.05) is 6.92 Å². The van der Waals surface area contributed by atoms with Gasteiger partial charge in [0, 0.05) is 5.92 Å². The number of carboxylic acids is 1. The van der Waals surface area contributed by atoms with Gasteiger partial charge in [-0.1, -0.05) is 33.6 Å². The Bertz CT molecular complexity index is 565. The molecule has 0 radical (unpaired) electrons. The van der Waals surface area contributed by atoms with Crippen LogP contribution >= 0.6 is 0 Å². The predicted molar refractivity (Wildman–Crippen MR) is 80.0 cm³/mol. The van der Waals surface area contributed by atoms with Gasteiger partial charge in [0.2, 0.25) is 5.91 Å². The fraction of sp³-hybridized carbons (Fsp3) is 0.733. The number of amides is 1. The summed E-state index contributed by atoms with van der Waals surface area (Å²) in [5.41, 5.74) is 0. The molecule has 2 rings (SSSR count). The van der Waals surface area contributed by atoms with Crippen LogP contribution in [0.2, 0.25) is 0 Å². The molecule has 0 aromatic carbocycles. The van der Waals surface area contributed by atoms with Crippen molar-refractivity contribution in [2.75, 3.05) is 0 Å². The lowest BCUT2D eigenvalue weighted by Gasteiger charge is -2.36. The monoisotopic (exact) mass is 308 g/mol. The zero-order valence-electron chi connectivity index (χ0n) is 13.6. The van der Waals surface area contributed by atoms with E-state index in [-0.39, 0.29) is 30.8 Å². The average Bonchev–Trinajstić information content (AvgIpc) is 2.87. The smallest absolute Gasteiger partial charge is 0.328 e. The predicted octanol–water partition coefficient (Wildman–Crippen LogP) is 1.45. The zero-order valence-corrected chi connectivity index (χ0v) is 13.6. The molecule has 0 spiro atoms. The summed E-state index contributed by atoms with van der Waals surface area (Å²) < 4.78 is 1.78. The Balaban J connectivity index is 2.28. The number of aryl methyl sites for hydroxylation is 1. The van der Waals surface area contributed by atoms with E-state index in [4.69, 9.17) is 0 Å². The number of rotatable bonds is 5. The Kier molecular flexibility index (Phi) is 4.83. The molecular weight excluding hydrogens is 284 g/mol. The molecule has 0 bridgehead atoms. The summed E-state index contributed by atoms with van der Waals surface area (Å²) >= 11 is 0. The van der Waals surface area contributed by atoms with Gasteiger partial charge >= 0.3 is 5.97 Å². The molecule has 1 aliphatic rings. The van der Waals surface area contributed by atoms with Crippen LogP contribution in [0.3, 0.4) is 0 Å². The van der Waals surface area contributed by atoms with E-state index in [9.17, 15) is 14.7 Å². The minimum absolute atomic E-state index is 0.104. The first-order valence-electron chi connectivity index (χ1n) is 7.82. The first-order valence-corrected chi connectivity index (χ1v) is 7.82. The summed E-state index contributed by atoms with van der Waals surface area (Å²) in [5, 5.41) is 17.5. The molecule has 0 saturated heterocycles. The number of hydrogen-bond donors (Lipinski definition) is 1. The number of hydrogen-bond acceptors (Lipinski definition) is 4. The Morgan fingerprint density at radius 3 is 2.50 bits per heavy atom. The highest BCUT2D eigenvalue weighted by Gasteiger charge is 2.38. The fourth-order valence-electron chi connectivity index (χ4n) is 3.22. The molecule has 1 aromatic rings. The van der Waals surface area contributed by atoms with Crippen molar-refractivity contribution in [3.05, 3.63) is 11.6 Å². The second kappa shape index (κ2) is 6.46. The minimum Gasteiger partial charge on any atom is -0.480 e. The Labute approximate surface area is 130 Å². The number of fused-ring (bicyclic) bond motifs is 1. The molecule has 7 nitrogen and oxygen atoms in total. The molecule has 1 amide bonds. The molecule has 2 unspecified atom stereocenters. The maximum absolute atomic E-state index is 12.8. The van der Waals surface area contributed by atoms with E-state index in [0.29, 0.717) is 11.6 Å². The highest BCUT2D eigenvalue weighted by atomic mass is 16.4. The number of carboxylic acid groups (broad SMARTS) is 1. The van der Waals surface area contributed by atoms with Crippen molar-refractivity contribution in [1.82, 2.24) is 19.7 Å². The van der Waals surface area contributed by atoms with Crippen LogP contribution in [-0.2, 0) is 22.7 Å². The van der Waals surface area contributed by atoms with Gasteiger partial charge in [0.25, 0.3) is 0 Å². The van der Waals surface area contributed by atoms with Crippen molar-refractivity contribution in [1.29, 1.82) is 0 Å². The zero-order chi connectivity index (χ0) is 16.4. The SMILES string of the molecule is CCC(CC)C(C)C(=O)N1Cc2nnc(C)n2CC1C(=O)O. The largest absolute Gasteiger partial charge is 0.480 e. The van der Waals surface area contributed by atoms with Gasteiger partial charge in [-0.25, -0.2) is 4.79 Å². The van der Waals surface area contributed by atoms with Gasteiger partial charge in [0.1, 0.15) is 11.9 Å². The molecule has 2 atom stereocenters. The van der Waals surface area contributed by atoms with Crippen LogP contribution in [-0.4, -0.2) is 42.7 Å². The molecule has 0 fully saturated rings. The van der Waals surface area contributed by atoms with Crippen molar-refractivity contribution >= 4 is 11.9 Å². The second-order valence-corrected chi connectivity index (χ2v) is 5.96. The van der Waals surface area contributed by atoms with Gasteiger partial charge in [0.05, 0.1) is 13.1 Å². The minimum atomic E-state index is -0.983. The number of aromatic nitrogens is 3. The second-order valence-electron chi connectivity index (χ2n) is 5.96. The van der Waals surface area contributed by atoms with Crippen molar-refractivity contribution in [2.24, 2.45) is 11.8 Å². The molecule has 0 saturated carbocycles. The molecule has 2 heterocycles. The van der Waals surface area contributed by atoms with E-state index in [1.165, 1.54) is 4.90 Å². The normalized spacial score (nSPS) is 19.1. The van der Waals surface area contributed by atoms with Gasteiger partial charge in [-0.2, -0.15) is 0 Å². The van der Waals surface area contributed by atoms with Crippen LogP contribution < -0.4 is 0 Å². The highest BCUT2D eigenvalue weighted by Crippen LogP contribution is 2.26. The van der Waals surface area contributed by atoms with Crippen LogP contribution in [0.4, 0.5) is 0 Å². The fourth-order valence-corrected chi connectivity index (χ4v) is 3.22. The maximum atomic E-state index is 12.8. The average molecular weight is 308 g/mol. The van der Waals surface area contributed by atoms with Crippen molar-refractivity contribution in [3.63, 3.8) is 0 Å². The van der Waals surface area contributed by atoms with E-state index in [1.54, 1.807) is 11.5 Å². The standard InChI is InChI=1S/C15H24N4O3/c1-5-11(6-2)9(3)14(20)19-8-13-17-16-10(4)18(13)7-12(19)15(21)22/h9,11-12H,5-8H2,1-4H3,(H,21,22). The van der Waals surface area contributed by atoms with E-state index in [2.05, 4.69) is 24.0 Å². The summed E-state index contributed by atoms with van der Waals surface area (Å²) in [6, 6.07) is -0.855. The van der Waals surface area contributed by atoms with E-state index in [0.717, 1.165) is 12.8 Å². The molecule has 122 valence electrons. The first-order chi connectivity index (χ1) is 10.4. The molecule has 22 heavy (non-hydrogen) atoms. The molecular formula is C15H24N4O3. The highest BCUT2D eigenvalue weighted by molar-refractivity contribution is 5.85.